The Bertz CT molecular complexity index is 4000. The summed E-state index contributed by atoms with van der Waals surface area (Å²) in [6.45, 7) is 12.7. The fourth-order valence-electron chi connectivity index (χ4n) is 13.0. The maximum absolute atomic E-state index is 16.6. The number of aliphatic carboxylic acids is 1. The second kappa shape index (κ2) is 31.6. The summed E-state index contributed by atoms with van der Waals surface area (Å²) in [6.07, 6.45) is -0.704. The summed E-state index contributed by atoms with van der Waals surface area (Å²) < 4.78 is 18.2. The number of para-hydroxylation sites is 1. The maximum atomic E-state index is 16.6. The molecule has 98 heavy (non-hydrogen) atoms. The molecule has 0 saturated heterocycles. The minimum atomic E-state index is -1.95. The second-order valence-corrected chi connectivity index (χ2v) is 27.6. The molecule has 0 radical (unpaired) electrons. The first kappa shape index (κ1) is 72.5. The number of amides is 4. The molecular weight excluding hydrogens is 1260 g/mol. The lowest BCUT2D eigenvalue weighted by Crippen LogP contribution is -2.67. The van der Waals surface area contributed by atoms with Crippen LogP contribution in [0.4, 0.5) is 4.79 Å². The van der Waals surface area contributed by atoms with Gasteiger partial charge in [-0.2, -0.15) is 12.6 Å². The van der Waals surface area contributed by atoms with E-state index in [4.69, 9.17) is 25.7 Å². The highest BCUT2D eigenvalue weighted by Gasteiger charge is 2.50. The number of carbonyl (C=O) groups excluding carboxylic acids is 6. The van der Waals surface area contributed by atoms with Crippen molar-refractivity contribution < 1.29 is 58.0 Å². The average Bonchev–Trinajstić information content (AvgIpc) is 1.22. The number of nitrogens with one attached hydrogen (secondary N) is 3. The predicted molar refractivity (Wildman–Crippen MR) is 380 cm³/mol. The Morgan fingerprint density at radius 1 is 0.602 bits per heavy atom. The van der Waals surface area contributed by atoms with Gasteiger partial charge in [0.1, 0.15) is 41.7 Å². The lowest BCUT2D eigenvalue weighted by molar-refractivity contribution is -0.187. The van der Waals surface area contributed by atoms with Gasteiger partial charge in [-0.05, 0) is 159 Å². The van der Waals surface area contributed by atoms with E-state index in [1.807, 2.05) is 115 Å². The number of hydrogen-bond donors (Lipinski definition) is 8. The number of hydrazine groups is 1. The number of carbonyl (C=O) groups is 7. The molecule has 9 rings (SSSR count). The van der Waals surface area contributed by atoms with Crippen molar-refractivity contribution in [2.24, 2.45) is 17.4 Å². The number of aromatic amines is 1. The molecule has 20 heteroatoms. The minimum absolute atomic E-state index is 0.00398. The standard InChI is InChI=1S/C78H89N7O12S/c1-48(2)68(74(93)97-77(6,7)8)85(71(89)64(37-23-35-61(79)73(92)96-76(3,4)5)82-70(88)65(45-50-46-81-63-36-21-20-30-55(50)63)83-69(87)62(80)44-49-38-40-54(86)41-39-49)84(66(42-43-98)72(90)91)75(94)95-47-59-56-31-18-19-32-57(56)67-58(59)33-22-34-60(67)78(51-24-12-9-13-25-51,52-26-14-10-15-27-52)53-28-16-11-17-29-53/h9-22,24-34,36,38-41,46,48,59,61-62,64-66,68,81,86,98H,23,35,37,42-45,47,79-80H2,1-8H3,(H,82,88)(H,83,87)(H,90,91)/t59?,61?,62-,64-,65+,66-,68-/m0/s1. The summed E-state index contributed by atoms with van der Waals surface area (Å²) in [4.78, 5) is 108. The zero-order chi connectivity index (χ0) is 70.6. The zero-order valence-corrected chi connectivity index (χ0v) is 57.5. The number of ether oxygens (including phenoxy) is 3. The molecule has 0 bridgehead atoms. The lowest BCUT2D eigenvalue weighted by atomic mass is 9.63. The van der Waals surface area contributed by atoms with E-state index in [9.17, 15) is 24.6 Å². The number of carboxylic acid groups (broad SMARTS) is 1. The minimum Gasteiger partial charge on any atom is -0.508 e. The fourth-order valence-corrected chi connectivity index (χ4v) is 13.3. The molecule has 4 amide bonds. The number of phenolic OH excluding ortho intramolecular Hbond substituents is 1. The molecule has 7 atom stereocenters. The summed E-state index contributed by atoms with van der Waals surface area (Å²) in [6, 6.07) is 48.6. The molecule has 0 saturated carbocycles. The first-order valence-electron chi connectivity index (χ1n) is 33.1. The van der Waals surface area contributed by atoms with Crippen LogP contribution < -0.4 is 22.1 Å². The third-order valence-corrected chi connectivity index (χ3v) is 17.7. The van der Waals surface area contributed by atoms with Crippen LogP contribution in [0.25, 0.3) is 22.0 Å². The number of aromatic nitrogens is 1. The number of fused-ring (bicyclic) bond motifs is 4. The van der Waals surface area contributed by atoms with Gasteiger partial charge < -0.3 is 51.5 Å². The molecule has 1 aliphatic rings. The monoisotopic (exact) mass is 1350 g/mol. The van der Waals surface area contributed by atoms with Crippen molar-refractivity contribution >= 4 is 65.3 Å². The van der Waals surface area contributed by atoms with Crippen molar-refractivity contribution in [3.63, 3.8) is 0 Å². The van der Waals surface area contributed by atoms with Crippen molar-refractivity contribution in [3.8, 4) is 16.9 Å². The summed E-state index contributed by atoms with van der Waals surface area (Å²) in [5, 5.41) is 29.2. The topological polar surface area (TPSA) is 286 Å². The van der Waals surface area contributed by atoms with Crippen LogP contribution in [0, 0.1) is 5.92 Å². The Morgan fingerprint density at radius 2 is 1.15 bits per heavy atom. The Kier molecular flexibility index (Phi) is 23.4. The number of benzene rings is 7. The summed E-state index contributed by atoms with van der Waals surface area (Å²) in [5.41, 5.74) is 19.2. The number of hydrogen-bond acceptors (Lipinski definition) is 14. The van der Waals surface area contributed by atoms with Crippen LogP contribution in [0.3, 0.4) is 0 Å². The lowest BCUT2D eigenvalue weighted by Gasteiger charge is -2.44. The van der Waals surface area contributed by atoms with E-state index in [0.29, 0.717) is 16.1 Å². The van der Waals surface area contributed by atoms with Gasteiger partial charge in [-0.1, -0.05) is 178 Å². The van der Waals surface area contributed by atoms with Crippen molar-refractivity contribution in [1.29, 1.82) is 0 Å². The number of nitrogens with zero attached hydrogens (tertiary/aromatic N) is 2. The van der Waals surface area contributed by atoms with Gasteiger partial charge in [0.25, 0.3) is 5.91 Å². The normalized spacial score (nSPS) is 14.7. The molecule has 8 aromatic rings. The molecule has 19 nitrogen and oxygen atoms in total. The summed E-state index contributed by atoms with van der Waals surface area (Å²) >= 11 is 4.47. The van der Waals surface area contributed by atoms with Crippen LogP contribution in [-0.4, -0.2) is 127 Å². The van der Waals surface area contributed by atoms with E-state index in [1.54, 1.807) is 73.7 Å². The summed E-state index contributed by atoms with van der Waals surface area (Å²) in [7, 11) is 0. The molecule has 1 heterocycles. The number of rotatable bonds is 27. The highest BCUT2D eigenvalue weighted by atomic mass is 32.1. The number of nitrogens with two attached hydrogens (primary N) is 2. The average molecular weight is 1350 g/mol. The first-order valence-corrected chi connectivity index (χ1v) is 33.8. The van der Waals surface area contributed by atoms with Crippen LogP contribution in [0.5, 0.6) is 5.75 Å². The molecule has 2 unspecified atom stereocenters. The van der Waals surface area contributed by atoms with Gasteiger partial charge in [0.15, 0.2) is 12.1 Å². The van der Waals surface area contributed by atoms with Crippen LogP contribution in [0.2, 0.25) is 0 Å². The molecular formula is C78H89N7O12S. The Hall–Kier alpha value is -9.76. The van der Waals surface area contributed by atoms with Crippen LogP contribution in [0.15, 0.2) is 188 Å². The van der Waals surface area contributed by atoms with Crippen molar-refractivity contribution in [3.05, 3.63) is 233 Å². The van der Waals surface area contributed by atoms with Crippen molar-refractivity contribution in [2.75, 3.05) is 12.4 Å². The van der Waals surface area contributed by atoms with Gasteiger partial charge in [0, 0.05) is 29.4 Å². The first-order chi connectivity index (χ1) is 46.7. The summed E-state index contributed by atoms with van der Waals surface area (Å²) in [5.74, 6) is -7.93. The quantitative estimate of drug-likeness (QED) is 0.00781. The van der Waals surface area contributed by atoms with E-state index in [0.717, 1.165) is 60.4 Å². The smallest absolute Gasteiger partial charge is 0.429 e. The van der Waals surface area contributed by atoms with E-state index >= 15 is 19.2 Å². The number of phenols is 1. The zero-order valence-electron chi connectivity index (χ0n) is 56.6. The molecule has 9 N–H and O–H groups in total. The third-order valence-electron chi connectivity index (χ3n) is 17.4. The van der Waals surface area contributed by atoms with E-state index < -0.39 is 113 Å². The Balaban J connectivity index is 1.16. The van der Waals surface area contributed by atoms with Crippen molar-refractivity contribution in [2.45, 2.75) is 153 Å². The van der Waals surface area contributed by atoms with Gasteiger partial charge in [0.2, 0.25) is 11.8 Å². The van der Waals surface area contributed by atoms with Gasteiger partial charge >= 0.3 is 24.0 Å². The van der Waals surface area contributed by atoms with Gasteiger partial charge in [-0.3, -0.25) is 19.2 Å². The number of aromatic hydroxyl groups is 1. The number of thiol groups is 1. The van der Waals surface area contributed by atoms with E-state index in [2.05, 4.69) is 70.7 Å². The highest BCUT2D eigenvalue weighted by molar-refractivity contribution is 7.80. The Morgan fingerprint density at radius 3 is 1.73 bits per heavy atom. The SMILES string of the molecule is CC(C)[C@@H](C(=O)OC(C)(C)C)N(C(=O)[C@H](CCCC(N)C(=O)OC(C)(C)C)NC(=O)[C@@H](Cc1c[nH]c2ccccc12)NC(=O)[C@@H](N)Cc1ccc(O)cc1)N(C(=O)OCC1c2ccccc2-c2c1cccc2C(c1ccccc1)(c1ccccc1)c1ccccc1)[C@@H](CCS)C(=O)O. The highest BCUT2D eigenvalue weighted by Crippen LogP contribution is 2.54. The Labute approximate surface area is 578 Å². The fraction of sp³-hybridized carbons (Fsp3) is 0.346. The van der Waals surface area contributed by atoms with E-state index in [1.165, 1.54) is 12.1 Å². The predicted octanol–water partition coefficient (Wildman–Crippen LogP) is 11.3. The molecule has 7 aromatic carbocycles. The molecule has 0 aliphatic heterocycles. The molecule has 514 valence electrons. The largest absolute Gasteiger partial charge is 0.508 e. The van der Waals surface area contributed by atoms with Gasteiger partial charge in [-0.15, -0.1) is 0 Å². The number of carboxylic acids is 1. The maximum Gasteiger partial charge on any atom is 0.429 e. The van der Waals surface area contributed by atoms with Gasteiger partial charge in [0.05, 0.1) is 11.5 Å². The van der Waals surface area contributed by atoms with E-state index in [-0.39, 0.29) is 50.0 Å². The third kappa shape index (κ3) is 16.8. The molecule has 0 spiro atoms. The molecule has 1 aliphatic carbocycles. The second-order valence-electron chi connectivity index (χ2n) is 27.2. The van der Waals surface area contributed by atoms with Crippen LogP contribution in [-0.2, 0) is 61.2 Å². The molecule has 1 aromatic heterocycles. The molecule has 0 fully saturated rings. The van der Waals surface area contributed by atoms with Gasteiger partial charge in [-0.25, -0.2) is 24.4 Å². The van der Waals surface area contributed by atoms with Crippen LogP contribution >= 0.6 is 12.6 Å². The number of esters is 2. The number of H-pyrrole nitrogens is 1. The van der Waals surface area contributed by atoms with Crippen LogP contribution in [0.1, 0.15) is 131 Å². The van der Waals surface area contributed by atoms with Crippen molar-refractivity contribution in [1.82, 2.24) is 25.6 Å².